The number of carbonyl (C=O) groups is 1. The number of hydrogen-bond donors (Lipinski definition) is 1. The fourth-order valence-electron chi connectivity index (χ4n) is 1.59. The van der Waals surface area contributed by atoms with Gasteiger partial charge in [-0.05, 0) is 18.8 Å². The first-order chi connectivity index (χ1) is 4.60. The Hall–Kier alpha value is -0.530. The van der Waals surface area contributed by atoms with Gasteiger partial charge in [0.2, 0.25) is 5.91 Å². The maximum atomic E-state index is 10.7. The molecule has 1 saturated carbocycles. The monoisotopic (exact) mass is 143 g/mol. The highest BCUT2D eigenvalue weighted by Gasteiger charge is 2.49. The molecule has 1 N–H and O–H groups in total. The second-order valence-electron chi connectivity index (χ2n) is 3.30. The van der Waals surface area contributed by atoms with Crippen molar-refractivity contribution in [3.63, 3.8) is 0 Å². The van der Waals surface area contributed by atoms with Crippen LogP contribution in [0.2, 0.25) is 0 Å². The van der Waals surface area contributed by atoms with E-state index >= 15 is 0 Å². The highest BCUT2D eigenvalue weighted by atomic mass is 16.1. The minimum Gasteiger partial charge on any atom is -0.351 e. The third-order valence-corrected chi connectivity index (χ3v) is 2.51. The second-order valence-corrected chi connectivity index (χ2v) is 3.30. The van der Waals surface area contributed by atoms with E-state index in [2.05, 4.69) is 19.2 Å². The van der Waals surface area contributed by atoms with Crippen molar-refractivity contribution in [2.45, 2.75) is 39.2 Å². The first kappa shape index (κ1) is 7.58. The van der Waals surface area contributed by atoms with Crippen LogP contribution in [0.5, 0.6) is 0 Å². The van der Waals surface area contributed by atoms with Gasteiger partial charge in [-0.2, -0.15) is 0 Å². The molecule has 2 unspecified atom stereocenters. The van der Waals surface area contributed by atoms with Crippen molar-refractivity contribution in [3.05, 3.63) is 0 Å². The standard InChI is InChI=1S/C8H15NO.H2/c1-4-8(5-6(8)2)9-7(3)10;/h6H,4-5H2,1-3H3,(H,9,10);1H. The molecule has 0 aromatic carbocycles. The third kappa shape index (κ3) is 1.15. The van der Waals surface area contributed by atoms with Gasteiger partial charge in [0.05, 0.1) is 0 Å². The van der Waals surface area contributed by atoms with Gasteiger partial charge in [0.15, 0.2) is 0 Å². The SMILES string of the molecule is CCC1(NC(C)=O)CC1C.[HH]. The van der Waals surface area contributed by atoms with Gasteiger partial charge in [0.1, 0.15) is 0 Å². The molecule has 1 aliphatic carbocycles. The fraction of sp³-hybridized carbons (Fsp3) is 0.875. The van der Waals surface area contributed by atoms with Gasteiger partial charge in [0.25, 0.3) is 0 Å². The van der Waals surface area contributed by atoms with E-state index in [4.69, 9.17) is 0 Å². The normalized spacial score (nSPS) is 37.3. The Bertz CT molecular complexity index is 156. The summed E-state index contributed by atoms with van der Waals surface area (Å²) < 4.78 is 0. The van der Waals surface area contributed by atoms with Crippen molar-refractivity contribution in [3.8, 4) is 0 Å². The quantitative estimate of drug-likeness (QED) is 0.624. The molecule has 2 heteroatoms. The van der Waals surface area contributed by atoms with E-state index in [1.807, 2.05) is 0 Å². The summed E-state index contributed by atoms with van der Waals surface area (Å²) in [5.41, 5.74) is 0.172. The van der Waals surface area contributed by atoms with E-state index in [9.17, 15) is 4.79 Å². The Kier molecular flexibility index (Phi) is 1.71. The Balaban J connectivity index is 0.000001000. The summed E-state index contributed by atoms with van der Waals surface area (Å²) in [5, 5.41) is 2.99. The summed E-state index contributed by atoms with van der Waals surface area (Å²) >= 11 is 0. The van der Waals surface area contributed by atoms with Crippen molar-refractivity contribution < 1.29 is 6.22 Å². The summed E-state index contributed by atoms with van der Waals surface area (Å²) in [6.07, 6.45) is 2.22. The molecule has 0 heterocycles. The average Bonchev–Trinajstić information content (AvgIpc) is 2.42. The van der Waals surface area contributed by atoms with Crippen molar-refractivity contribution in [2.75, 3.05) is 0 Å². The lowest BCUT2D eigenvalue weighted by atomic mass is 10.1. The van der Waals surface area contributed by atoms with Crippen molar-refractivity contribution in [1.29, 1.82) is 0 Å². The predicted octanol–water partition coefficient (Wildman–Crippen LogP) is 1.56. The number of nitrogens with one attached hydrogen (secondary N) is 1. The van der Waals surface area contributed by atoms with Gasteiger partial charge >= 0.3 is 0 Å². The van der Waals surface area contributed by atoms with Gasteiger partial charge < -0.3 is 5.32 Å². The molecule has 0 bridgehead atoms. The molecule has 60 valence electrons. The lowest BCUT2D eigenvalue weighted by Crippen LogP contribution is -2.36. The van der Waals surface area contributed by atoms with Crippen LogP contribution in [0.4, 0.5) is 0 Å². The first-order valence-corrected chi connectivity index (χ1v) is 3.89. The van der Waals surface area contributed by atoms with Crippen LogP contribution in [0, 0.1) is 5.92 Å². The van der Waals surface area contributed by atoms with Crippen LogP contribution in [-0.2, 0) is 4.79 Å². The van der Waals surface area contributed by atoms with E-state index in [1.54, 1.807) is 6.92 Å². The molecule has 0 radical (unpaired) electrons. The second kappa shape index (κ2) is 2.26. The summed E-state index contributed by atoms with van der Waals surface area (Å²) in [4.78, 5) is 10.7. The molecule has 1 amide bonds. The van der Waals surface area contributed by atoms with E-state index < -0.39 is 0 Å². The van der Waals surface area contributed by atoms with Crippen molar-refractivity contribution in [1.82, 2.24) is 5.32 Å². The topological polar surface area (TPSA) is 29.1 Å². The average molecular weight is 143 g/mol. The summed E-state index contributed by atoms with van der Waals surface area (Å²) in [6, 6.07) is 0. The Morgan fingerprint density at radius 1 is 1.90 bits per heavy atom. The van der Waals surface area contributed by atoms with Crippen LogP contribution in [-0.4, -0.2) is 11.4 Å². The van der Waals surface area contributed by atoms with E-state index in [1.165, 1.54) is 0 Å². The smallest absolute Gasteiger partial charge is 0.217 e. The molecular weight excluding hydrogens is 126 g/mol. The summed E-state index contributed by atoms with van der Waals surface area (Å²) in [7, 11) is 0. The number of rotatable bonds is 2. The van der Waals surface area contributed by atoms with Gasteiger partial charge in [-0.15, -0.1) is 0 Å². The van der Waals surface area contributed by atoms with Crippen LogP contribution in [0.3, 0.4) is 0 Å². The molecule has 1 aliphatic rings. The van der Waals surface area contributed by atoms with Gasteiger partial charge in [-0.25, -0.2) is 0 Å². The molecule has 10 heavy (non-hydrogen) atoms. The Morgan fingerprint density at radius 3 is 2.50 bits per heavy atom. The lowest BCUT2D eigenvalue weighted by Gasteiger charge is -2.14. The molecule has 0 aliphatic heterocycles. The van der Waals surface area contributed by atoms with Crippen LogP contribution in [0.15, 0.2) is 0 Å². The van der Waals surface area contributed by atoms with Gasteiger partial charge in [-0.1, -0.05) is 13.8 Å². The number of carbonyl (C=O) groups excluding carboxylic acids is 1. The van der Waals surface area contributed by atoms with E-state index in [-0.39, 0.29) is 12.9 Å². The molecule has 1 rings (SSSR count). The highest BCUT2D eigenvalue weighted by Crippen LogP contribution is 2.45. The number of amides is 1. The van der Waals surface area contributed by atoms with Crippen molar-refractivity contribution in [2.24, 2.45) is 5.92 Å². The van der Waals surface area contributed by atoms with Crippen LogP contribution in [0.25, 0.3) is 0 Å². The molecule has 2 atom stereocenters. The highest BCUT2D eigenvalue weighted by molar-refractivity contribution is 5.74. The fourth-order valence-corrected chi connectivity index (χ4v) is 1.59. The maximum Gasteiger partial charge on any atom is 0.217 e. The van der Waals surface area contributed by atoms with Crippen LogP contribution < -0.4 is 5.32 Å². The number of hydrogen-bond acceptors (Lipinski definition) is 1. The van der Waals surface area contributed by atoms with Gasteiger partial charge in [0, 0.05) is 13.9 Å². The van der Waals surface area contributed by atoms with Gasteiger partial charge in [-0.3, -0.25) is 4.79 Å². The summed E-state index contributed by atoms with van der Waals surface area (Å²) in [6.45, 7) is 5.89. The zero-order valence-corrected chi connectivity index (χ0v) is 6.90. The largest absolute Gasteiger partial charge is 0.351 e. The molecule has 0 aromatic rings. The minimum absolute atomic E-state index is 0. The zero-order valence-electron chi connectivity index (χ0n) is 6.90. The third-order valence-electron chi connectivity index (χ3n) is 2.51. The predicted molar refractivity (Wildman–Crippen MR) is 42.7 cm³/mol. The van der Waals surface area contributed by atoms with E-state index in [0.29, 0.717) is 5.92 Å². The minimum atomic E-state index is 0. The molecule has 0 aromatic heterocycles. The van der Waals surface area contributed by atoms with Crippen molar-refractivity contribution >= 4 is 5.91 Å². The Labute approximate surface area is 63.5 Å². The summed E-state index contributed by atoms with van der Waals surface area (Å²) in [5.74, 6) is 0.785. The van der Waals surface area contributed by atoms with E-state index in [0.717, 1.165) is 12.8 Å². The molecular formula is C8H17NO. The zero-order chi connectivity index (χ0) is 7.78. The first-order valence-electron chi connectivity index (χ1n) is 3.89. The van der Waals surface area contributed by atoms with Crippen LogP contribution in [0.1, 0.15) is 35.0 Å². The molecule has 0 saturated heterocycles. The molecule has 2 nitrogen and oxygen atoms in total. The van der Waals surface area contributed by atoms with Crippen LogP contribution >= 0.6 is 0 Å². The molecule has 1 fully saturated rings. The Morgan fingerprint density at radius 2 is 2.40 bits per heavy atom. The maximum absolute atomic E-state index is 10.7. The molecule has 0 spiro atoms. The lowest BCUT2D eigenvalue weighted by molar-refractivity contribution is -0.120.